The minimum Gasteiger partial charge on any atom is -0.478 e. The Hall–Kier alpha value is -2.99. The van der Waals surface area contributed by atoms with Crippen LogP contribution in [0.2, 0.25) is 0 Å². The van der Waals surface area contributed by atoms with Crippen molar-refractivity contribution < 1.29 is 27.9 Å². The van der Waals surface area contributed by atoms with Gasteiger partial charge >= 0.3 is 18.2 Å². The average Bonchev–Trinajstić information content (AvgIpc) is 2.87. The van der Waals surface area contributed by atoms with Crippen molar-refractivity contribution in [1.29, 1.82) is 0 Å². The summed E-state index contributed by atoms with van der Waals surface area (Å²) in [6.45, 7) is 0. The molecule has 1 aromatic carbocycles. The highest BCUT2D eigenvalue weighted by atomic mass is 32.1. The Bertz CT molecular complexity index is 846. The molecule has 0 saturated heterocycles. The van der Waals surface area contributed by atoms with Crippen molar-refractivity contribution in [2.75, 3.05) is 5.32 Å². The summed E-state index contributed by atoms with van der Waals surface area (Å²) >= 11 is 0.896. The van der Waals surface area contributed by atoms with E-state index in [4.69, 9.17) is 10.8 Å². The fourth-order valence-electron chi connectivity index (χ4n) is 1.69. The van der Waals surface area contributed by atoms with Gasteiger partial charge in [0.05, 0.1) is 16.0 Å². The molecule has 0 bridgehead atoms. The third kappa shape index (κ3) is 4.27. The van der Waals surface area contributed by atoms with Crippen molar-refractivity contribution in [2.45, 2.75) is 6.18 Å². The van der Waals surface area contributed by atoms with E-state index < -0.39 is 23.7 Å². The number of aromatic carboxylic acids is 1. The van der Waals surface area contributed by atoms with Crippen LogP contribution in [-0.4, -0.2) is 17.1 Å². The SMILES string of the molecule is NC(=O)Nc1sc(C#Cc2ccc(C(F)(F)F)cc2)cc1C(=O)O. The largest absolute Gasteiger partial charge is 0.478 e. The van der Waals surface area contributed by atoms with Crippen LogP contribution in [0.5, 0.6) is 0 Å². The summed E-state index contributed by atoms with van der Waals surface area (Å²) in [7, 11) is 0. The zero-order valence-electron chi connectivity index (χ0n) is 11.8. The molecular weight excluding hydrogens is 345 g/mol. The Morgan fingerprint density at radius 1 is 1.17 bits per heavy atom. The maximum atomic E-state index is 12.5. The number of hydrogen-bond acceptors (Lipinski definition) is 3. The number of amides is 2. The molecule has 4 N–H and O–H groups in total. The first-order valence-corrected chi connectivity index (χ1v) is 7.11. The van der Waals surface area contributed by atoms with Gasteiger partial charge in [-0.15, -0.1) is 11.3 Å². The van der Waals surface area contributed by atoms with Gasteiger partial charge in [0.15, 0.2) is 0 Å². The highest BCUT2D eigenvalue weighted by molar-refractivity contribution is 7.17. The zero-order valence-corrected chi connectivity index (χ0v) is 12.6. The molecule has 0 aliphatic rings. The van der Waals surface area contributed by atoms with Crippen molar-refractivity contribution in [3.05, 3.63) is 51.9 Å². The molecule has 0 unspecified atom stereocenters. The van der Waals surface area contributed by atoms with E-state index >= 15 is 0 Å². The number of alkyl halides is 3. The number of thiophene rings is 1. The lowest BCUT2D eigenvalue weighted by atomic mass is 10.1. The van der Waals surface area contributed by atoms with Crippen LogP contribution < -0.4 is 11.1 Å². The van der Waals surface area contributed by atoms with Crippen LogP contribution in [0.1, 0.15) is 26.4 Å². The van der Waals surface area contributed by atoms with E-state index in [1.54, 1.807) is 0 Å². The van der Waals surface area contributed by atoms with Crippen LogP contribution in [0.4, 0.5) is 23.0 Å². The molecule has 0 saturated carbocycles. The number of anilines is 1. The van der Waals surface area contributed by atoms with Crippen molar-refractivity contribution >= 4 is 28.3 Å². The fraction of sp³-hybridized carbons (Fsp3) is 0.0667. The summed E-state index contributed by atoms with van der Waals surface area (Å²) in [6, 6.07) is 4.56. The van der Waals surface area contributed by atoms with Gasteiger partial charge < -0.3 is 10.8 Å². The van der Waals surface area contributed by atoms with Crippen molar-refractivity contribution in [1.82, 2.24) is 0 Å². The Morgan fingerprint density at radius 2 is 1.79 bits per heavy atom. The molecule has 0 fully saturated rings. The Morgan fingerprint density at radius 3 is 2.29 bits per heavy atom. The van der Waals surface area contributed by atoms with E-state index in [1.807, 2.05) is 0 Å². The van der Waals surface area contributed by atoms with E-state index in [0.29, 0.717) is 10.4 Å². The second-order valence-corrected chi connectivity index (χ2v) is 5.53. The second kappa shape index (κ2) is 6.64. The molecule has 124 valence electrons. The number of halogens is 3. The molecule has 24 heavy (non-hydrogen) atoms. The molecule has 1 heterocycles. The Balaban J connectivity index is 2.27. The first-order chi connectivity index (χ1) is 11.2. The predicted molar refractivity (Wildman–Crippen MR) is 81.9 cm³/mol. The van der Waals surface area contributed by atoms with E-state index in [0.717, 1.165) is 23.5 Å². The lowest BCUT2D eigenvalue weighted by Crippen LogP contribution is -2.19. The monoisotopic (exact) mass is 354 g/mol. The minimum atomic E-state index is -4.43. The molecule has 9 heteroatoms. The van der Waals surface area contributed by atoms with Crippen LogP contribution in [0.15, 0.2) is 30.3 Å². The standard InChI is InChI=1S/C15H9F3N2O3S/c16-15(17,18)9-4-1-8(2-5-9)3-6-10-7-11(13(21)22)12(24-10)20-14(19)23/h1-2,4-5,7H,(H,21,22)(H3,19,20,23). The van der Waals surface area contributed by atoms with Crippen LogP contribution >= 0.6 is 11.3 Å². The number of carbonyl (C=O) groups excluding carboxylic acids is 1. The van der Waals surface area contributed by atoms with Crippen LogP contribution in [0.25, 0.3) is 0 Å². The number of benzene rings is 1. The molecule has 2 aromatic rings. The molecule has 0 aliphatic carbocycles. The maximum absolute atomic E-state index is 12.5. The van der Waals surface area contributed by atoms with Crippen LogP contribution in [0.3, 0.4) is 0 Å². The van der Waals surface area contributed by atoms with Gasteiger partial charge in [-0.3, -0.25) is 5.32 Å². The number of hydrogen-bond donors (Lipinski definition) is 3. The summed E-state index contributed by atoms with van der Waals surface area (Å²) in [5.41, 5.74) is 4.33. The summed E-state index contributed by atoms with van der Waals surface area (Å²) in [5.74, 6) is 4.00. The van der Waals surface area contributed by atoms with Gasteiger partial charge in [0.1, 0.15) is 5.00 Å². The van der Waals surface area contributed by atoms with Gasteiger partial charge in [-0.2, -0.15) is 13.2 Å². The van der Waals surface area contributed by atoms with Gasteiger partial charge in [0, 0.05) is 5.56 Å². The topological polar surface area (TPSA) is 92.4 Å². The Kier molecular flexibility index (Phi) is 4.80. The van der Waals surface area contributed by atoms with Crippen molar-refractivity contribution in [3.8, 4) is 11.8 Å². The molecule has 2 rings (SSSR count). The lowest BCUT2D eigenvalue weighted by molar-refractivity contribution is -0.137. The highest BCUT2D eigenvalue weighted by Crippen LogP contribution is 2.29. The third-order valence-electron chi connectivity index (χ3n) is 2.74. The lowest BCUT2D eigenvalue weighted by Gasteiger charge is -2.05. The van der Waals surface area contributed by atoms with E-state index in [-0.39, 0.29) is 10.6 Å². The fourth-order valence-corrected chi connectivity index (χ4v) is 2.60. The van der Waals surface area contributed by atoms with Gasteiger partial charge in [-0.25, -0.2) is 9.59 Å². The van der Waals surface area contributed by atoms with Gasteiger partial charge in [0.25, 0.3) is 0 Å². The Labute approximate surface area is 137 Å². The second-order valence-electron chi connectivity index (χ2n) is 4.47. The number of nitrogens with one attached hydrogen (secondary N) is 1. The number of primary amides is 1. The third-order valence-corrected chi connectivity index (χ3v) is 3.71. The molecular formula is C15H9F3N2O3S. The predicted octanol–water partition coefficient (Wildman–Crippen LogP) is 3.36. The summed E-state index contributed by atoms with van der Waals surface area (Å²) in [6.07, 6.45) is -4.43. The molecule has 0 atom stereocenters. The first kappa shape index (κ1) is 17.4. The number of carboxylic acid groups (broad SMARTS) is 1. The van der Waals surface area contributed by atoms with Crippen molar-refractivity contribution in [2.24, 2.45) is 5.73 Å². The smallest absolute Gasteiger partial charge is 0.416 e. The minimum absolute atomic E-state index is 0.0340. The number of rotatable bonds is 2. The van der Waals surface area contributed by atoms with Crippen LogP contribution in [-0.2, 0) is 6.18 Å². The van der Waals surface area contributed by atoms with E-state index in [1.165, 1.54) is 18.2 Å². The summed E-state index contributed by atoms with van der Waals surface area (Å²) in [5, 5.41) is 11.3. The molecule has 0 spiro atoms. The first-order valence-electron chi connectivity index (χ1n) is 6.29. The summed E-state index contributed by atoms with van der Waals surface area (Å²) in [4.78, 5) is 22.2. The maximum Gasteiger partial charge on any atom is 0.416 e. The van der Waals surface area contributed by atoms with Crippen LogP contribution in [0, 0.1) is 11.8 Å². The quantitative estimate of drug-likeness (QED) is 0.722. The number of nitrogens with two attached hydrogens (primary N) is 1. The van der Waals surface area contributed by atoms with Gasteiger partial charge in [-0.1, -0.05) is 11.8 Å². The number of carbonyl (C=O) groups is 2. The molecule has 5 nitrogen and oxygen atoms in total. The highest BCUT2D eigenvalue weighted by Gasteiger charge is 2.29. The average molecular weight is 354 g/mol. The van der Waals surface area contributed by atoms with Crippen molar-refractivity contribution in [3.63, 3.8) is 0 Å². The van der Waals surface area contributed by atoms with Gasteiger partial charge in [-0.05, 0) is 30.3 Å². The summed E-state index contributed by atoms with van der Waals surface area (Å²) < 4.78 is 37.4. The van der Waals surface area contributed by atoms with E-state index in [2.05, 4.69) is 17.2 Å². The number of carboxylic acids is 1. The number of urea groups is 1. The molecule has 0 radical (unpaired) electrons. The molecule has 0 aliphatic heterocycles. The van der Waals surface area contributed by atoms with Gasteiger partial charge in [0.2, 0.25) is 0 Å². The normalized spacial score (nSPS) is 10.6. The van der Waals surface area contributed by atoms with E-state index in [9.17, 15) is 22.8 Å². The molecule has 2 amide bonds. The molecule has 1 aromatic heterocycles. The zero-order chi connectivity index (χ0) is 17.9.